The van der Waals surface area contributed by atoms with E-state index in [-0.39, 0.29) is 5.41 Å². The van der Waals surface area contributed by atoms with Gasteiger partial charge in [-0.15, -0.1) is 0 Å². The van der Waals surface area contributed by atoms with Gasteiger partial charge < -0.3 is 9.97 Å². The molecule has 100 valence electrons. The topological polar surface area (TPSA) is 82.1 Å². The predicted molar refractivity (Wildman–Crippen MR) is 75.9 cm³/mol. The SMILES string of the molecule is CC(C)(CN=Cc1cnc[nH]1)CN=Cc1cnc[nH]1. The lowest BCUT2D eigenvalue weighted by Crippen LogP contribution is -2.19. The maximum absolute atomic E-state index is 4.41. The first-order chi connectivity index (χ1) is 9.16. The molecule has 6 heteroatoms. The maximum atomic E-state index is 4.41. The van der Waals surface area contributed by atoms with Gasteiger partial charge in [-0.05, 0) is 0 Å². The van der Waals surface area contributed by atoms with Crippen LogP contribution in [0, 0.1) is 5.41 Å². The van der Waals surface area contributed by atoms with Gasteiger partial charge in [0.25, 0.3) is 0 Å². The van der Waals surface area contributed by atoms with Crippen molar-refractivity contribution in [2.24, 2.45) is 15.4 Å². The Morgan fingerprint density at radius 2 is 1.47 bits per heavy atom. The monoisotopic (exact) mass is 258 g/mol. The standard InChI is InChI=1S/C13H18N6/c1-13(2,7-14-3-11-5-16-9-18-11)8-15-4-12-6-17-10-19-12/h3-6,9-10H,7-8H2,1-2H3,(H,16,18)(H,17,19). The average Bonchev–Trinajstić information content (AvgIpc) is 3.01. The fraction of sp³-hybridized carbons (Fsp3) is 0.385. The third-order valence-electron chi connectivity index (χ3n) is 2.54. The number of nitrogens with zero attached hydrogens (tertiary/aromatic N) is 4. The van der Waals surface area contributed by atoms with Gasteiger partial charge in [0, 0.05) is 30.9 Å². The van der Waals surface area contributed by atoms with Crippen molar-refractivity contribution in [3.63, 3.8) is 0 Å². The van der Waals surface area contributed by atoms with Crippen molar-refractivity contribution < 1.29 is 0 Å². The van der Waals surface area contributed by atoms with E-state index < -0.39 is 0 Å². The number of rotatable bonds is 6. The van der Waals surface area contributed by atoms with Crippen molar-refractivity contribution in [2.75, 3.05) is 13.1 Å². The van der Waals surface area contributed by atoms with Crippen LogP contribution < -0.4 is 0 Å². The first kappa shape index (κ1) is 13.2. The molecule has 0 aliphatic heterocycles. The highest BCUT2D eigenvalue weighted by Gasteiger charge is 2.15. The van der Waals surface area contributed by atoms with Gasteiger partial charge in [0.05, 0.1) is 36.4 Å². The van der Waals surface area contributed by atoms with Crippen molar-refractivity contribution in [1.82, 2.24) is 19.9 Å². The molecule has 0 unspecified atom stereocenters. The lowest BCUT2D eigenvalue weighted by Gasteiger charge is -2.18. The summed E-state index contributed by atoms with van der Waals surface area (Å²) in [5, 5.41) is 0. The summed E-state index contributed by atoms with van der Waals surface area (Å²) < 4.78 is 0. The third-order valence-corrected chi connectivity index (χ3v) is 2.54. The fourth-order valence-corrected chi connectivity index (χ4v) is 1.51. The van der Waals surface area contributed by atoms with Crippen LogP contribution in [0.5, 0.6) is 0 Å². The van der Waals surface area contributed by atoms with E-state index in [0.29, 0.717) is 13.1 Å². The van der Waals surface area contributed by atoms with Gasteiger partial charge in [-0.3, -0.25) is 9.98 Å². The molecule has 0 saturated carbocycles. The quantitative estimate of drug-likeness (QED) is 0.773. The smallest absolute Gasteiger partial charge is 0.0924 e. The molecule has 2 aromatic rings. The van der Waals surface area contributed by atoms with Gasteiger partial charge in [0.2, 0.25) is 0 Å². The Hall–Kier alpha value is -2.24. The highest BCUT2D eigenvalue weighted by atomic mass is 14.9. The molecular formula is C13H18N6. The second-order valence-corrected chi connectivity index (χ2v) is 5.12. The Kier molecular flexibility index (Phi) is 4.22. The van der Waals surface area contributed by atoms with Gasteiger partial charge in [0.15, 0.2) is 0 Å². The number of aromatic amines is 2. The summed E-state index contributed by atoms with van der Waals surface area (Å²) in [4.78, 5) is 22.7. The summed E-state index contributed by atoms with van der Waals surface area (Å²) in [6, 6.07) is 0. The molecule has 0 aromatic carbocycles. The average molecular weight is 258 g/mol. The van der Waals surface area contributed by atoms with Crippen molar-refractivity contribution >= 4 is 12.4 Å². The summed E-state index contributed by atoms with van der Waals surface area (Å²) in [6.07, 6.45) is 10.4. The van der Waals surface area contributed by atoms with E-state index in [1.54, 1.807) is 37.5 Å². The minimum Gasteiger partial charge on any atom is -0.344 e. The third kappa shape index (κ3) is 4.50. The van der Waals surface area contributed by atoms with E-state index >= 15 is 0 Å². The van der Waals surface area contributed by atoms with Crippen molar-refractivity contribution in [2.45, 2.75) is 13.8 Å². The molecule has 6 nitrogen and oxygen atoms in total. The molecule has 0 aliphatic rings. The van der Waals surface area contributed by atoms with Crippen LogP contribution in [0.2, 0.25) is 0 Å². The van der Waals surface area contributed by atoms with Crippen LogP contribution in [-0.4, -0.2) is 45.5 Å². The first-order valence-corrected chi connectivity index (χ1v) is 6.12. The Labute approximate surface area is 112 Å². The molecule has 2 heterocycles. The van der Waals surface area contributed by atoms with Crippen molar-refractivity contribution in [1.29, 1.82) is 0 Å². The van der Waals surface area contributed by atoms with Crippen molar-refractivity contribution in [3.05, 3.63) is 36.4 Å². The highest BCUT2D eigenvalue weighted by Crippen LogP contribution is 2.15. The summed E-state index contributed by atoms with van der Waals surface area (Å²) >= 11 is 0. The zero-order chi connectivity index (χ0) is 13.6. The highest BCUT2D eigenvalue weighted by molar-refractivity contribution is 5.76. The zero-order valence-electron chi connectivity index (χ0n) is 11.2. The van der Waals surface area contributed by atoms with Crippen LogP contribution in [0.25, 0.3) is 0 Å². The molecule has 2 N–H and O–H groups in total. The molecule has 0 radical (unpaired) electrons. The van der Waals surface area contributed by atoms with E-state index in [4.69, 9.17) is 0 Å². The number of H-pyrrole nitrogens is 2. The molecule has 0 spiro atoms. The maximum Gasteiger partial charge on any atom is 0.0924 e. The number of aliphatic imine (C=N–C) groups is 2. The second-order valence-electron chi connectivity index (χ2n) is 5.12. The van der Waals surface area contributed by atoms with Gasteiger partial charge in [-0.25, -0.2) is 9.97 Å². The van der Waals surface area contributed by atoms with E-state index in [0.717, 1.165) is 11.4 Å². The summed E-state index contributed by atoms with van der Waals surface area (Å²) in [5.74, 6) is 0. The minimum atomic E-state index is 0.0209. The molecule has 0 amide bonds. The molecular weight excluding hydrogens is 240 g/mol. The van der Waals surface area contributed by atoms with E-state index in [1.165, 1.54) is 0 Å². The largest absolute Gasteiger partial charge is 0.344 e. The van der Waals surface area contributed by atoms with E-state index in [9.17, 15) is 0 Å². The van der Waals surface area contributed by atoms with Crippen LogP contribution in [0.1, 0.15) is 25.2 Å². The Balaban J connectivity index is 1.81. The van der Waals surface area contributed by atoms with Crippen LogP contribution in [0.4, 0.5) is 0 Å². The van der Waals surface area contributed by atoms with Gasteiger partial charge in [-0.1, -0.05) is 13.8 Å². The molecule has 0 fully saturated rings. The van der Waals surface area contributed by atoms with E-state index in [2.05, 4.69) is 43.8 Å². The summed E-state index contributed by atoms with van der Waals surface area (Å²) in [6.45, 7) is 5.71. The van der Waals surface area contributed by atoms with E-state index in [1.807, 2.05) is 0 Å². The van der Waals surface area contributed by atoms with Crippen LogP contribution in [0.3, 0.4) is 0 Å². The fourth-order valence-electron chi connectivity index (χ4n) is 1.51. The number of nitrogens with one attached hydrogen (secondary N) is 2. The number of hydrogen-bond donors (Lipinski definition) is 2. The van der Waals surface area contributed by atoms with Gasteiger partial charge in [0.1, 0.15) is 0 Å². The van der Waals surface area contributed by atoms with Crippen LogP contribution in [0.15, 0.2) is 35.0 Å². The summed E-state index contributed by atoms with van der Waals surface area (Å²) in [5.41, 5.74) is 1.85. The van der Waals surface area contributed by atoms with Crippen LogP contribution in [-0.2, 0) is 0 Å². The number of aromatic nitrogens is 4. The molecule has 0 bridgehead atoms. The molecule has 2 aromatic heterocycles. The normalized spacial score (nSPS) is 12.7. The number of hydrogen-bond acceptors (Lipinski definition) is 4. The minimum absolute atomic E-state index is 0.0209. The summed E-state index contributed by atoms with van der Waals surface area (Å²) in [7, 11) is 0. The first-order valence-electron chi connectivity index (χ1n) is 6.12. The Bertz CT molecular complexity index is 473. The second kappa shape index (κ2) is 6.08. The number of imidazole rings is 2. The van der Waals surface area contributed by atoms with Gasteiger partial charge in [-0.2, -0.15) is 0 Å². The molecule has 0 aliphatic carbocycles. The predicted octanol–water partition coefficient (Wildman–Crippen LogP) is 1.70. The van der Waals surface area contributed by atoms with Crippen molar-refractivity contribution in [3.8, 4) is 0 Å². The lowest BCUT2D eigenvalue weighted by atomic mass is 9.94. The molecule has 0 saturated heterocycles. The zero-order valence-corrected chi connectivity index (χ0v) is 11.2. The Morgan fingerprint density at radius 1 is 1.00 bits per heavy atom. The van der Waals surface area contributed by atoms with Crippen LogP contribution >= 0.6 is 0 Å². The molecule has 0 atom stereocenters. The molecule has 2 rings (SSSR count). The lowest BCUT2D eigenvalue weighted by molar-refractivity contribution is 0.396. The Morgan fingerprint density at radius 3 is 1.84 bits per heavy atom. The molecule has 19 heavy (non-hydrogen) atoms. The van der Waals surface area contributed by atoms with Gasteiger partial charge >= 0.3 is 0 Å².